The third-order valence-electron chi connectivity index (χ3n) is 1.63. The standard InChI is InChI=1S/C7H12N2O2S/c1-6(2)12(10,11)4-7-3-8-5-9-7/h3,5-6H,4H2,1-2H3,(H,8,9). The normalized spacial score (nSPS) is 12.2. The number of nitrogens with zero attached hydrogens (tertiary/aromatic N) is 1. The van der Waals surface area contributed by atoms with Crippen LogP contribution in [0.25, 0.3) is 0 Å². The minimum absolute atomic E-state index is 0.0463. The number of hydrogen-bond donors (Lipinski definition) is 1. The van der Waals surface area contributed by atoms with Crippen LogP contribution in [-0.2, 0) is 15.6 Å². The fourth-order valence-electron chi connectivity index (χ4n) is 0.747. The minimum Gasteiger partial charge on any atom is -0.348 e. The lowest BCUT2D eigenvalue weighted by Gasteiger charge is -2.04. The van der Waals surface area contributed by atoms with Gasteiger partial charge in [-0.2, -0.15) is 0 Å². The predicted octanol–water partition coefficient (Wildman–Crippen LogP) is 0.733. The Morgan fingerprint density at radius 2 is 2.25 bits per heavy atom. The van der Waals surface area contributed by atoms with Crippen LogP contribution in [0.4, 0.5) is 0 Å². The molecular weight excluding hydrogens is 176 g/mol. The Balaban J connectivity index is 2.77. The van der Waals surface area contributed by atoms with Gasteiger partial charge in [-0.3, -0.25) is 0 Å². The lowest BCUT2D eigenvalue weighted by atomic mass is 10.6. The molecule has 0 unspecified atom stereocenters. The highest BCUT2D eigenvalue weighted by Crippen LogP contribution is 2.07. The Labute approximate surface area is 71.9 Å². The molecule has 0 amide bonds. The zero-order valence-electron chi connectivity index (χ0n) is 7.11. The largest absolute Gasteiger partial charge is 0.348 e. The number of nitrogens with one attached hydrogen (secondary N) is 1. The summed E-state index contributed by atoms with van der Waals surface area (Å²) in [6.07, 6.45) is 3.01. The molecule has 0 bridgehead atoms. The van der Waals surface area contributed by atoms with Crippen molar-refractivity contribution >= 4 is 9.84 Å². The van der Waals surface area contributed by atoms with Gasteiger partial charge in [0.05, 0.1) is 17.3 Å². The van der Waals surface area contributed by atoms with Crippen molar-refractivity contribution in [3.8, 4) is 0 Å². The van der Waals surface area contributed by atoms with Crippen molar-refractivity contribution in [2.24, 2.45) is 0 Å². The van der Waals surface area contributed by atoms with E-state index in [4.69, 9.17) is 0 Å². The van der Waals surface area contributed by atoms with E-state index in [9.17, 15) is 8.42 Å². The van der Waals surface area contributed by atoms with Crippen LogP contribution in [-0.4, -0.2) is 23.6 Å². The van der Waals surface area contributed by atoms with Crippen LogP contribution in [0.1, 0.15) is 19.5 Å². The van der Waals surface area contributed by atoms with E-state index in [-0.39, 0.29) is 11.0 Å². The minimum atomic E-state index is -2.99. The van der Waals surface area contributed by atoms with Crippen molar-refractivity contribution in [3.05, 3.63) is 18.2 Å². The first-order chi connectivity index (χ1) is 5.52. The maximum Gasteiger partial charge on any atom is 0.158 e. The van der Waals surface area contributed by atoms with Crippen LogP contribution in [0.3, 0.4) is 0 Å². The van der Waals surface area contributed by atoms with Crippen LogP contribution < -0.4 is 0 Å². The predicted molar refractivity (Wildman–Crippen MR) is 46.3 cm³/mol. The molecule has 5 heteroatoms. The molecule has 0 aliphatic carbocycles. The summed E-state index contributed by atoms with van der Waals surface area (Å²) < 4.78 is 22.7. The Bertz CT molecular complexity index is 326. The van der Waals surface area contributed by atoms with Gasteiger partial charge in [-0.05, 0) is 13.8 Å². The van der Waals surface area contributed by atoms with Crippen molar-refractivity contribution < 1.29 is 8.42 Å². The van der Waals surface area contributed by atoms with Gasteiger partial charge in [0.1, 0.15) is 0 Å². The van der Waals surface area contributed by atoms with Gasteiger partial charge in [-0.15, -0.1) is 0 Å². The maximum atomic E-state index is 11.3. The number of H-pyrrole nitrogens is 1. The number of imidazole rings is 1. The lowest BCUT2D eigenvalue weighted by Crippen LogP contribution is -2.16. The van der Waals surface area contributed by atoms with Gasteiger partial charge in [0.15, 0.2) is 9.84 Å². The smallest absolute Gasteiger partial charge is 0.158 e. The zero-order valence-corrected chi connectivity index (χ0v) is 7.93. The summed E-state index contributed by atoms with van der Waals surface area (Å²) in [5.41, 5.74) is 0.642. The van der Waals surface area contributed by atoms with Crippen LogP contribution in [0, 0.1) is 0 Å². The molecule has 0 radical (unpaired) electrons. The van der Waals surface area contributed by atoms with Gasteiger partial charge in [0.25, 0.3) is 0 Å². The summed E-state index contributed by atoms with van der Waals surface area (Å²) in [6.45, 7) is 3.34. The van der Waals surface area contributed by atoms with Gasteiger partial charge in [0, 0.05) is 11.9 Å². The second kappa shape index (κ2) is 3.26. The van der Waals surface area contributed by atoms with Gasteiger partial charge < -0.3 is 4.98 Å². The Morgan fingerprint density at radius 3 is 2.67 bits per heavy atom. The van der Waals surface area contributed by atoms with Crippen LogP contribution in [0.5, 0.6) is 0 Å². The molecule has 1 heterocycles. The van der Waals surface area contributed by atoms with Crippen LogP contribution >= 0.6 is 0 Å². The Hall–Kier alpha value is -0.840. The Morgan fingerprint density at radius 1 is 1.58 bits per heavy atom. The number of hydrogen-bond acceptors (Lipinski definition) is 3. The third kappa shape index (κ3) is 2.07. The summed E-state index contributed by atoms with van der Waals surface area (Å²) in [5, 5.41) is -0.333. The molecule has 4 nitrogen and oxygen atoms in total. The first kappa shape index (κ1) is 9.25. The highest BCUT2D eigenvalue weighted by atomic mass is 32.2. The quantitative estimate of drug-likeness (QED) is 0.760. The van der Waals surface area contributed by atoms with Gasteiger partial charge in [0.2, 0.25) is 0 Å². The highest BCUT2D eigenvalue weighted by Gasteiger charge is 2.16. The second-order valence-electron chi connectivity index (χ2n) is 2.93. The van der Waals surface area contributed by atoms with E-state index >= 15 is 0 Å². The molecule has 0 aromatic carbocycles. The third-order valence-corrected chi connectivity index (χ3v) is 3.78. The summed E-state index contributed by atoms with van der Waals surface area (Å²) in [4.78, 5) is 6.50. The molecule has 0 aliphatic heterocycles. The van der Waals surface area contributed by atoms with Gasteiger partial charge in [-0.25, -0.2) is 13.4 Å². The van der Waals surface area contributed by atoms with E-state index in [0.29, 0.717) is 5.69 Å². The molecule has 0 saturated heterocycles. The lowest BCUT2D eigenvalue weighted by molar-refractivity contribution is 0.586. The molecule has 1 rings (SSSR count). The van der Waals surface area contributed by atoms with Crippen LogP contribution in [0.15, 0.2) is 12.5 Å². The fourth-order valence-corrected chi connectivity index (χ4v) is 1.67. The topological polar surface area (TPSA) is 62.8 Å². The first-order valence-corrected chi connectivity index (χ1v) is 5.43. The molecule has 0 aliphatic rings. The molecule has 0 saturated carbocycles. The number of sulfone groups is 1. The van der Waals surface area contributed by atoms with E-state index in [0.717, 1.165) is 0 Å². The first-order valence-electron chi connectivity index (χ1n) is 3.71. The second-order valence-corrected chi connectivity index (χ2v) is 5.49. The van der Waals surface area contributed by atoms with Gasteiger partial charge in [-0.1, -0.05) is 0 Å². The Kier molecular flexibility index (Phi) is 2.52. The monoisotopic (exact) mass is 188 g/mol. The number of aromatic amines is 1. The molecule has 0 atom stereocenters. The van der Waals surface area contributed by atoms with Crippen molar-refractivity contribution in [1.29, 1.82) is 0 Å². The maximum absolute atomic E-state index is 11.3. The van der Waals surface area contributed by atoms with Crippen LogP contribution in [0.2, 0.25) is 0 Å². The molecular formula is C7H12N2O2S. The van der Waals surface area contributed by atoms with E-state index in [1.54, 1.807) is 13.8 Å². The van der Waals surface area contributed by atoms with Crippen molar-refractivity contribution in [2.75, 3.05) is 0 Å². The number of aromatic nitrogens is 2. The van der Waals surface area contributed by atoms with Gasteiger partial charge >= 0.3 is 0 Å². The van der Waals surface area contributed by atoms with Crippen molar-refractivity contribution in [1.82, 2.24) is 9.97 Å². The van der Waals surface area contributed by atoms with E-state index < -0.39 is 9.84 Å². The van der Waals surface area contributed by atoms with E-state index in [1.165, 1.54) is 12.5 Å². The molecule has 0 fully saturated rings. The molecule has 1 aromatic heterocycles. The van der Waals surface area contributed by atoms with Crippen molar-refractivity contribution in [2.45, 2.75) is 24.9 Å². The van der Waals surface area contributed by atoms with E-state index in [2.05, 4.69) is 9.97 Å². The summed E-state index contributed by atoms with van der Waals surface area (Å²) >= 11 is 0. The highest BCUT2D eigenvalue weighted by molar-refractivity contribution is 7.91. The molecule has 1 aromatic rings. The number of rotatable bonds is 3. The zero-order chi connectivity index (χ0) is 9.19. The fraction of sp³-hybridized carbons (Fsp3) is 0.571. The molecule has 68 valence electrons. The summed E-state index contributed by atoms with van der Waals surface area (Å²) in [7, 11) is -2.99. The summed E-state index contributed by atoms with van der Waals surface area (Å²) in [6, 6.07) is 0. The molecule has 12 heavy (non-hydrogen) atoms. The van der Waals surface area contributed by atoms with E-state index in [1.807, 2.05) is 0 Å². The average molecular weight is 188 g/mol. The van der Waals surface area contributed by atoms with Crippen molar-refractivity contribution in [3.63, 3.8) is 0 Å². The SMILES string of the molecule is CC(C)S(=O)(=O)Cc1cnc[nH]1. The molecule has 0 spiro atoms. The average Bonchev–Trinajstić information content (AvgIpc) is 2.38. The summed E-state index contributed by atoms with van der Waals surface area (Å²) in [5.74, 6) is 0.0463. The molecule has 1 N–H and O–H groups in total.